The molecule has 3 aromatic rings. The highest BCUT2D eigenvalue weighted by Crippen LogP contribution is 2.24. The van der Waals surface area contributed by atoms with Crippen molar-refractivity contribution in [2.24, 2.45) is 7.05 Å². The smallest absolute Gasteiger partial charge is 0.318 e. The molecule has 0 saturated carbocycles. The number of anilines is 2. The second kappa shape index (κ2) is 7.22. The van der Waals surface area contributed by atoms with Crippen molar-refractivity contribution in [2.45, 2.75) is 0 Å². The number of carbonyl (C=O) groups excluding carboxylic acids is 1. The normalized spacial score (nSPS) is 10.5. The highest BCUT2D eigenvalue weighted by atomic mass is 16.5. The molecule has 2 aromatic heterocycles. The number of hydrogen-bond acceptors (Lipinski definition) is 6. The van der Waals surface area contributed by atoms with Gasteiger partial charge in [-0.2, -0.15) is 10.1 Å². The van der Waals surface area contributed by atoms with Crippen molar-refractivity contribution in [3.8, 4) is 17.3 Å². The van der Waals surface area contributed by atoms with Gasteiger partial charge in [-0.15, -0.1) is 0 Å². The highest BCUT2D eigenvalue weighted by Gasteiger charge is 2.18. The fourth-order valence-corrected chi connectivity index (χ4v) is 2.50. The molecule has 0 unspecified atom stereocenters. The van der Waals surface area contributed by atoms with Gasteiger partial charge in [0.15, 0.2) is 5.82 Å². The summed E-state index contributed by atoms with van der Waals surface area (Å²) in [6.45, 7) is 0. The summed E-state index contributed by atoms with van der Waals surface area (Å²) in [5.74, 6) is 0.259. The summed E-state index contributed by atoms with van der Waals surface area (Å²) in [6, 6.07) is 11.7. The van der Waals surface area contributed by atoms with Crippen molar-refractivity contribution in [3.05, 3.63) is 48.3 Å². The standard InChI is InChI=1S/C18H20N6O2/c1-23(2)16-14(11-19-18(21-16)26-4)20-17(25)15-10-13(22-24(15)3)12-8-6-5-7-9-12/h5-11H,1-4H3,(H,20,25). The number of hydrogen-bond donors (Lipinski definition) is 1. The average molecular weight is 352 g/mol. The number of benzene rings is 1. The van der Waals surface area contributed by atoms with E-state index in [2.05, 4.69) is 20.4 Å². The van der Waals surface area contributed by atoms with Gasteiger partial charge in [0.05, 0.1) is 19.0 Å². The number of carbonyl (C=O) groups is 1. The Hall–Kier alpha value is -3.42. The number of ether oxygens (including phenoxy) is 1. The number of nitrogens with one attached hydrogen (secondary N) is 1. The summed E-state index contributed by atoms with van der Waals surface area (Å²) in [7, 11) is 6.89. The Balaban J connectivity index is 1.88. The Kier molecular flexibility index (Phi) is 4.83. The quantitative estimate of drug-likeness (QED) is 0.758. The maximum absolute atomic E-state index is 12.7. The lowest BCUT2D eigenvalue weighted by Crippen LogP contribution is -2.20. The first kappa shape index (κ1) is 17.4. The number of aromatic nitrogens is 4. The zero-order chi connectivity index (χ0) is 18.7. The van der Waals surface area contributed by atoms with E-state index < -0.39 is 0 Å². The van der Waals surface area contributed by atoms with Crippen LogP contribution in [0.1, 0.15) is 10.5 Å². The molecule has 0 saturated heterocycles. The molecule has 0 radical (unpaired) electrons. The Bertz CT molecular complexity index is 921. The van der Waals surface area contributed by atoms with Crippen molar-refractivity contribution in [2.75, 3.05) is 31.4 Å². The summed E-state index contributed by atoms with van der Waals surface area (Å²) >= 11 is 0. The lowest BCUT2D eigenvalue weighted by Gasteiger charge is -2.16. The van der Waals surface area contributed by atoms with Crippen LogP contribution >= 0.6 is 0 Å². The molecular formula is C18H20N6O2. The fourth-order valence-electron chi connectivity index (χ4n) is 2.50. The Morgan fingerprint density at radius 1 is 1.23 bits per heavy atom. The van der Waals surface area contributed by atoms with Gasteiger partial charge in [0.1, 0.15) is 11.4 Å². The minimum Gasteiger partial charge on any atom is -0.467 e. The highest BCUT2D eigenvalue weighted by molar-refractivity contribution is 6.05. The van der Waals surface area contributed by atoms with Crippen LogP contribution in [-0.4, -0.2) is 46.9 Å². The van der Waals surface area contributed by atoms with Crippen LogP contribution in [0.5, 0.6) is 6.01 Å². The summed E-state index contributed by atoms with van der Waals surface area (Å²) in [5, 5.41) is 7.27. The van der Waals surface area contributed by atoms with Crippen molar-refractivity contribution in [3.63, 3.8) is 0 Å². The number of aryl methyl sites for hydroxylation is 1. The molecule has 1 amide bonds. The van der Waals surface area contributed by atoms with E-state index in [-0.39, 0.29) is 11.9 Å². The number of methoxy groups -OCH3 is 1. The van der Waals surface area contributed by atoms with Gasteiger partial charge in [0.2, 0.25) is 0 Å². The van der Waals surface area contributed by atoms with Crippen LogP contribution in [-0.2, 0) is 7.05 Å². The SMILES string of the molecule is COc1ncc(NC(=O)c2cc(-c3ccccc3)nn2C)c(N(C)C)n1. The van der Waals surface area contributed by atoms with Crippen molar-refractivity contribution in [1.82, 2.24) is 19.7 Å². The van der Waals surface area contributed by atoms with E-state index in [0.717, 1.165) is 11.3 Å². The number of rotatable bonds is 5. The summed E-state index contributed by atoms with van der Waals surface area (Å²) in [6.07, 6.45) is 1.52. The molecule has 0 aliphatic heterocycles. The molecule has 1 aromatic carbocycles. The predicted molar refractivity (Wildman–Crippen MR) is 99.5 cm³/mol. The van der Waals surface area contributed by atoms with Gasteiger partial charge in [-0.05, 0) is 6.07 Å². The first-order chi connectivity index (χ1) is 12.5. The van der Waals surface area contributed by atoms with E-state index in [9.17, 15) is 4.79 Å². The fraction of sp³-hybridized carbons (Fsp3) is 0.222. The van der Waals surface area contributed by atoms with Crippen LogP contribution in [0.4, 0.5) is 11.5 Å². The lowest BCUT2D eigenvalue weighted by molar-refractivity contribution is 0.101. The minimum atomic E-state index is -0.293. The topological polar surface area (TPSA) is 85.2 Å². The summed E-state index contributed by atoms with van der Waals surface area (Å²) < 4.78 is 6.60. The molecule has 134 valence electrons. The van der Waals surface area contributed by atoms with Crippen LogP contribution in [0.2, 0.25) is 0 Å². The first-order valence-corrected chi connectivity index (χ1v) is 7.98. The third kappa shape index (κ3) is 3.49. The molecule has 0 spiro atoms. The van der Waals surface area contributed by atoms with E-state index in [1.54, 1.807) is 22.7 Å². The van der Waals surface area contributed by atoms with Gasteiger partial charge in [-0.1, -0.05) is 30.3 Å². The van der Waals surface area contributed by atoms with E-state index >= 15 is 0 Å². The molecule has 0 aliphatic carbocycles. The van der Waals surface area contributed by atoms with Gasteiger partial charge < -0.3 is 15.0 Å². The molecular weight excluding hydrogens is 332 g/mol. The van der Waals surface area contributed by atoms with Crippen LogP contribution in [0.15, 0.2) is 42.6 Å². The van der Waals surface area contributed by atoms with Gasteiger partial charge in [-0.3, -0.25) is 9.48 Å². The van der Waals surface area contributed by atoms with Crippen LogP contribution in [0, 0.1) is 0 Å². The molecule has 8 heteroatoms. The van der Waals surface area contributed by atoms with E-state index in [4.69, 9.17) is 4.74 Å². The maximum atomic E-state index is 12.7. The second-order valence-electron chi connectivity index (χ2n) is 5.85. The number of nitrogens with zero attached hydrogens (tertiary/aromatic N) is 5. The zero-order valence-electron chi connectivity index (χ0n) is 15.1. The summed E-state index contributed by atoms with van der Waals surface area (Å²) in [5.41, 5.74) is 2.61. The van der Waals surface area contributed by atoms with Crippen LogP contribution in [0.3, 0.4) is 0 Å². The molecule has 2 heterocycles. The van der Waals surface area contributed by atoms with Gasteiger partial charge in [0.25, 0.3) is 5.91 Å². The van der Waals surface area contributed by atoms with Crippen LogP contribution in [0.25, 0.3) is 11.3 Å². The zero-order valence-corrected chi connectivity index (χ0v) is 15.1. The largest absolute Gasteiger partial charge is 0.467 e. The second-order valence-corrected chi connectivity index (χ2v) is 5.85. The molecule has 26 heavy (non-hydrogen) atoms. The summed E-state index contributed by atoms with van der Waals surface area (Å²) in [4.78, 5) is 22.8. The molecule has 1 N–H and O–H groups in total. The van der Waals surface area contributed by atoms with Gasteiger partial charge in [0, 0.05) is 26.7 Å². The third-order valence-electron chi connectivity index (χ3n) is 3.78. The molecule has 0 fully saturated rings. The van der Waals surface area contributed by atoms with E-state index in [0.29, 0.717) is 17.2 Å². The Morgan fingerprint density at radius 3 is 2.62 bits per heavy atom. The minimum absolute atomic E-state index is 0.235. The van der Waals surface area contributed by atoms with Crippen molar-refractivity contribution >= 4 is 17.4 Å². The maximum Gasteiger partial charge on any atom is 0.318 e. The average Bonchev–Trinajstić information content (AvgIpc) is 3.04. The Labute approximate surface area is 151 Å². The predicted octanol–water partition coefficient (Wildman–Crippen LogP) is 2.20. The molecule has 0 aliphatic rings. The van der Waals surface area contributed by atoms with Gasteiger partial charge >= 0.3 is 6.01 Å². The molecule has 3 rings (SSSR count). The Morgan fingerprint density at radius 2 is 1.96 bits per heavy atom. The van der Waals surface area contributed by atoms with Gasteiger partial charge in [-0.25, -0.2) is 4.98 Å². The van der Waals surface area contributed by atoms with E-state index in [1.807, 2.05) is 44.4 Å². The molecule has 0 atom stereocenters. The van der Waals surface area contributed by atoms with Crippen molar-refractivity contribution < 1.29 is 9.53 Å². The van der Waals surface area contributed by atoms with E-state index in [1.165, 1.54) is 13.3 Å². The van der Waals surface area contributed by atoms with Crippen LogP contribution < -0.4 is 15.0 Å². The first-order valence-electron chi connectivity index (χ1n) is 7.98. The number of amides is 1. The monoisotopic (exact) mass is 352 g/mol. The molecule has 0 bridgehead atoms. The van der Waals surface area contributed by atoms with Crippen molar-refractivity contribution in [1.29, 1.82) is 0 Å². The third-order valence-corrected chi connectivity index (χ3v) is 3.78. The molecule has 8 nitrogen and oxygen atoms in total. The lowest BCUT2D eigenvalue weighted by atomic mass is 10.1.